The summed E-state index contributed by atoms with van der Waals surface area (Å²) in [6, 6.07) is 4.19. The summed E-state index contributed by atoms with van der Waals surface area (Å²) in [4.78, 5) is 9.64. The summed E-state index contributed by atoms with van der Waals surface area (Å²) < 4.78 is 7.43. The van der Waals surface area contributed by atoms with Gasteiger partial charge in [-0.3, -0.25) is 4.90 Å². The van der Waals surface area contributed by atoms with Crippen LogP contribution in [0.3, 0.4) is 0 Å². The summed E-state index contributed by atoms with van der Waals surface area (Å²) in [5.74, 6) is 0.866. The number of aryl methyl sites for hydroxylation is 1. The predicted octanol–water partition coefficient (Wildman–Crippen LogP) is 3.06. The molecule has 6 nitrogen and oxygen atoms in total. The number of hydrogen-bond donors (Lipinski definition) is 1. The zero-order chi connectivity index (χ0) is 16.8. The maximum absolute atomic E-state index is 10.8. The van der Waals surface area contributed by atoms with Crippen molar-refractivity contribution in [3.8, 4) is 5.88 Å². The molecule has 0 radical (unpaired) electrons. The summed E-state index contributed by atoms with van der Waals surface area (Å²) in [5.41, 5.74) is 0. The van der Waals surface area contributed by atoms with Crippen LogP contribution in [0.2, 0.25) is 0 Å². The average molecular weight is 364 g/mol. The monoisotopic (exact) mass is 364 g/mol. The van der Waals surface area contributed by atoms with Crippen LogP contribution in [0.4, 0.5) is 0 Å². The molecule has 3 atom stereocenters. The van der Waals surface area contributed by atoms with Gasteiger partial charge in [-0.05, 0) is 32.2 Å². The van der Waals surface area contributed by atoms with Gasteiger partial charge in [0.15, 0.2) is 0 Å². The van der Waals surface area contributed by atoms with Crippen molar-refractivity contribution in [1.29, 1.82) is 0 Å². The summed E-state index contributed by atoms with van der Waals surface area (Å²) in [7, 11) is 0. The zero-order valence-corrected chi connectivity index (χ0v) is 15.5. The van der Waals surface area contributed by atoms with Gasteiger partial charge in [0.25, 0.3) is 0 Å². The molecular formula is C16H20N4O2S2. The molecule has 8 heteroatoms. The van der Waals surface area contributed by atoms with E-state index in [0.717, 1.165) is 22.9 Å². The molecule has 1 fully saturated rings. The molecule has 0 saturated carbocycles. The number of thiazole rings is 1. The average Bonchev–Trinajstić information content (AvgIpc) is 3.20. The minimum atomic E-state index is 0.00704. The van der Waals surface area contributed by atoms with Gasteiger partial charge < -0.3 is 9.84 Å². The number of aromatic nitrogens is 3. The van der Waals surface area contributed by atoms with E-state index in [-0.39, 0.29) is 24.1 Å². The Labute approximate surface area is 148 Å². The predicted molar refractivity (Wildman–Crippen MR) is 95.0 cm³/mol. The first-order chi connectivity index (χ1) is 11.5. The quantitative estimate of drug-likeness (QED) is 0.774. The molecule has 0 amide bonds. The van der Waals surface area contributed by atoms with Gasteiger partial charge in [0.1, 0.15) is 5.82 Å². The lowest BCUT2D eigenvalue weighted by Gasteiger charge is -2.39. The molecule has 0 spiro atoms. The highest BCUT2D eigenvalue weighted by Gasteiger charge is 2.34. The van der Waals surface area contributed by atoms with Crippen molar-refractivity contribution in [2.24, 2.45) is 0 Å². The fourth-order valence-corrected chi connectivity index (χ4v) is 5.47. The fourth-order valence-electron chi connectivity index (χ4n) is 3.38. The molecule has 0 bridgehead atoms. The van der Waals surface area contributed by atoms with Crippen LogP contribution in [0.15, 0.2) is 17.5 Å². The van der Waals surface area contributed by atoms with Gasteiger partial charge in [-0.25, -0.2) is 4.98 Å². The van der Waals surface area contributed by atoms with Gasteiger partial charge >= 0.3 is 0 Å². The van der Waals surface area contributed by atoms with E-state index >= 15 is 0 Å². The van der Waals surface area contributed by atoms with Gasteiger partial charge in [0.2, 0.25) is 10.8 Å². The highest BCUT2D eigenvalue weighted by atomic mass is 32.1. The van der Waals surface area contributed by atoms with Crippen LogP contribution in [0.5, 0.6) is 5.88 Å². The Morgan fingerprint density at radius 1 is 1.33 bits per heavy atom. The van der Waals surface area contributed by atoms with Crippen molar-refractivity contribution in [3.63, 3.8) is 0 Å². The highest BCUT2D eigenvalue weighted by molar-refractivity contribution is 7.17. The van der Waals surface area contributed by atoms with Crippen LogP contribution >= 0.6 is 22.7 Å². The Kier molecular flexibility index (Phi) is 4.07. The van der Waals surface area contributed by atoms with Crippen LogP contribution in [0.1, 0.15) is 35.5 Å². The largest absolute Gasteiger partial charge is 0.492 e. The van der Waals surface area contributed by atoms with Crippen molar-refractivity contribution >= 4 is 27.6 Å². The third kappa shape index (κ3) is 2.73. The van der Waals surface area contributed by atoms with Crippen molar-refractivity contribution in [2.75, 3.05) is 13.1 Å². The van der Waals surface area contributed by atoms with E-state index in [1.165, 1.54) is 16.2 Å². The van der Waals surface area contributed by atoms with Crippen LogP contribution in [0, 0.1) is 6.92 Å². The minimum Gasteiger partial charge on any atom is -0.492 e. The second-order valence-electron chi connectivity index (χ2n) is 6.27. The number of hydrogen-bond acceptors (Lipinski definition) is 7. The Balaban J connectivity index is 1.80. The second kappa shape index (κ2) is 6.11. The molecule has 0 aliphatic carbocycles. The topological polar surface area (TPSA) is 62.9 Å². The molecule has 0 aromatic carbocycles. The maximum Gasteiger partial charge on any atom is 0.230 e. The van der Waals surface area contributed by atoms with Crippen LogP contribution in [0.25, 0.3) is 4.96 Å². The Hall–Kier alpha value is -1.48. The first-order valence-corrected chi connectivity index (χ1v) is 9.70. The lowest BCUT2D eigenvalue weighted by Crippen LogP contribution is -2.46. The third-order valence-electron chi connectivity index (χ3n) is 4.18. The number of nitrogens with zero attached hydrogens (tertiary/aromatic N) is 4. The molecule has 1 aliphatic heterocycles. The van der Waals surface area contributed by atoms with Crippen molar-refractivity contribution < 1.29 is 9.84 Å². The van der Waals surface area contributed by atoms with Gasteiger partial charge in [-0.15, -0.1) is 16.4 Å². The van der Waals surface area contributed by atoms with E-state index in [0.29, 0.717) is 5.82 Å². The van der Waals surface area contributed by atoms with Gasteiger partial charge in [-0.1, -0.05) is 17.4 Å². The van der Waals surface area contributed by atoms with E-state index in [1.807, 2.05) is 6.92 Å². The molecule has 3 aromatic rings. The van der Waals surface area contributed by atoms with E-state index in [2.05, 4.69) is 46.3 Å². The Morgan fingerprint density at radius 3 is 2.71 bits per heavy atom. The second-order valence-corrected chi connectivity index (χ2v) is 8.26. The Morgan fingerprint density at radius 2 is 2.08 bits per heavy atom. The Bertz CT molecular complexity index is 832. The minimum absolute atomic E-state index is 0.00704. The summed E-state index contributed by atoms with van der Waals surface area (Å²) in [6.07, 6.45) is 0.338. The van der Waals surface area contributed by atoms with Crippen LogP contribution < -0.4 is 0 Å². The molecule has 1 N–H and O–H groups in total. The number of rotatable bonds is 3. The first kappa shape index (κ1) is 16.0. The van der Waals surface area contributed by atoms with E-state index in [1.54, 1.807) is 15.9 Å². The van der Waals surface area contributed by atoms with Crippen molar-refractivity contribution in [3.05, 3.63) is 33.1 Å². The number of fused-ring (bicyclic) bond motifs is 1. The molecule has 3 aromatic heterocycles. The van der Waals surface area contributed by atoms with E-state index in [4.69, 9.17) is 4.74 Å². The van der Waals surface area contributed by atoms with Crippen molar-refractivity contribution in [2.45, 2.75) is 39.0 Å². The zero-order valence-electron chi connectivity index (χ0n) is 13.8. The van der Waals surface area contributed by atoms with Crippen LogP contribution in [-0.4, -0.2) is 49.9 Å². The van der Waals surface area contributed by atoms with E-state index < -0.39 is 0 Å². The standard InChI is InChI=1S/C16H20N4O2S2/c1-9-7-19(8-10(2)22-9)13(12-5-4-6-23-12)14-15(21)20-16(24-14)17-11(3)18-20/h4-6,9-10,13,21H,7-8H2,1-3H3/t9-,10+,13-/m0/s1. The lowest BCUT2D eigenvalue weighted by atomic mass is 10.1. The smallest absolute Gasteiger partial charge is 0.230 e. The third-order valence-corrected chi connectivity index (χ3v) is 6.18. The number of morpholine rings is 1. The molecule has 4 heterocycles. The first-order valence-electron chi connectivity index (χ1n) is 8.01. The maximum atomic E-state index is 10.8. The molecule has 1 aliphatic rings. The lowest BCUT2D eigenvalue weighted by molar-refractivity contribution is -0.0761. The summed E-state index contributed by atoms with van der Waals surface area (Å²) in [5, 5.41) is 17.1. The summed E-state index contributed by atoms with van der Waals surface area (Å²) in [6.45, 7) is 7.69. The van der Waals surface area contributed by atoms with Crippen LogP contribution in [-0.2, 0) is 4.74 Å². The number of ether oxygens (including phenoxy) is 1. The molecule has 4 rings (SSSR count). The number of aromatic hydroxyl groups is 1. The van der Waals surface area contributed by atoms with Gasteiger partial charge in [0.05, 0.1) is 23.1 Å². The van der Waals surface area contributed by atoms with Gasteiger partial charge in [-0.2, -0.15) is 4.52 Å². The molecule has 0 unspecified atom stereocenters. The number of thiophene rings is 1. The molecular weight excluding hydrogens is 344 g/mol. The van der Waals surface area contributed by atoms with E-state index in [9.17, 15) is 5.11 Å². The van der Waals surface area contributed by atoms with Crippen molar-refractivity contribution in [1.82, 2.24) is 19.5 Å². The molecule has 128 valence electrons. The SMILES string of the molecule is Cc1nc2sc([C@H](c3cccs3)N3C[C@@H](C)O[C@@H](C)C3)c(O)n2n1. The highest BCUT2D eigenvalue weighted by Crippen LogP contribution is 2.42. The summed E-state index contributed by atoms with van der Waals surface area (Å²) >= 11 is 3.22. The normalized spacial score (nSPS) is 23.8. The molecule has 24 heavy (non-hydrogen) atoms. The van der Waals surface area contributed by atoms with Gasteiger partial charge in [0, 0.05) is 18.0 Å². The fraction of sp³-hybridized carbons (Fsp3) is 0.500. The molecule has 1 saturated heterocycles.